The molecule has 0 aliphatic rings. The maximum atomic E-state index is 3.16. The Balaban J connectivity index is 2.81. The molecule has 0 aliphatic heterocycles. The quantitative estimate of drug-likeness (QED) is 0.744. The zero-order chi connectivity index (χ0) is 9.68. The van der Waals surface area contributed by atoms with Gasteiger partial charge >= 0.3 is 0 Å². The molecule has 0 aliphatic carbocycles. The predicted octanol–water partition coefficient (Wildman–Crippen LogP) is 2.88. The van der Waals surface area contributed by atoms with Crippen LogP contribution in [-0.4, -0.2) is 6.54 Å². The molecule has 0 bridgehead atoms. The van der Waals surface area contributed by atoms with E-state index in [0.717, 1.165) is 6.54 Å². The van der Waals surface area contributed by atoms with Gasteiger partial charge in [-0.1, -0.05) is 23.8 Å². The largest absolute Gasteiger partial charge is 0.391 e. The lowest BCUT2D eigenvalue weighted by atomic mass is 10.1. The van der Waals surface area contributed by atoms with Crippen molar-refractivity contribution in [3.8, 4) is 0 Å². The lowest BCUT2D eigenvalue weighted by Gasteiger charge is -2.01. The lowest BCUT2D eigenvalue weighted by molar-refractivity contribution is 0.924. The van der Waals surface area contributed by atoms with Crippen molar-refractivity contribution in [2.75, 3.05) is 6.54 Å². The molecule has 0 unspecified atom stereocenters. The van der Waals surface area contributed by atoms with E-state index in [-0.39, 0.29) is 0 Å². The number of hydrogen-bond donors (Lipinski definition) is 1. The molecule has 1 nitrogen and oxygen atoms in total. The summed E-state index contributed by atoms with van der Waals surface area (Å²) in [7, 11) is 0. The smallest absolute Gasteiger partial charge is 0.0113 e. The second-order valence-electron chi connectivity index (χ2n) is 3.25. The maximum absolute atomic E-state index is 3.16. The third-order valence-electron chi connectivity index (χ3n) is 2.02. The summed E-state index contributed by atoms with van der Waals surface area (Å²) >= 11 is 0. The predicted molar refractivity (Wildman–Crippen MR) is 58.6 cm³/mol. The van der Waals surface area contributed by atoms with Crippen LogP contribution in [0.5, 0.6) is 0 Å². The molecule has 0 aromatic heterocycles. The van der Waals surface area contributed by atoms with Gasteiger partial charge in [0.15, 0.2) is 0 Å². The van der Waals surface area contributed by atoms with E-state index in [4.69, 9.17) is 0 Å². The normalized spacial score (nSPS) is 10.7. The van der Waals surface area contributed by atoms with Crippen molar-refractivity contribution >= 4 is 6.08 Å². The van der Waals surface area contributed by atoms with Crippen LogP contribution in [0.1, 0.15) is 23.6 Å². The first kappa shape index (κ1) is 9.85. The van der Waals surface area contributed by atoms with Gasteiger partial charge in [-0.25, -0.2) is 0 Å². The van der Waals surface area contributed by atoms with E-state index in [1.54, 1.807) is 0 Å². The van der Waals surface area contributed by atoms with Gasteiger partial charge in [0.2, 0.25) is 0 Å². The van der Waals surface area contributed by atoms with Crippen molar-refractivity contribution < 1.29 is 0 Å². The minimum Gasteiger partial charge on any atom is -0.391 e. The minimum atomic E-state index is 0.974. The fourth-order valence-corrected chi connectivity index (χ4v) is 1.21. The van der Waals surface area contributed by atoms with Gasteiger partial charge in [0.1, 0.15) is 0 Å². The molecule has 1 aromatic rings. The molecule has 1 rings (SSSR count). The van der Waals surface area contributed by atoms with Crippen LogP contribution in [-0.2, 0) is 0 Å². The average molecular weight is 175 g/mol. The average Bonchev–Trinajstić information content (AvgIpc) is 2.11. The summed E-state index contributed by atoms with van der Waals surface area (Å²) in [5, 5.41) is 3.16. The third kappa shape index (κ3) is 2.94. The van der Waals surface area contributed by atoms with Crippen LogP contribution in [0, 0.1) is 13.8 Å². The first-order valence-corrected chi connectivity index (χ1v) is 4.71. The number of benzene rings is 1. The molecular weight excluding hydrogens is 158 g/mol. The molecule has 70 valence electrons. The van der Waals surface area contributed by atoms with Crippen LogP contribution in [0.15, 0.2) is 24.4 Å². The highest BCUT2D eigenvalue weighted by atomic mass is 14.8. The monoisotopic (exact) mass is 175 g/mol. The molecule has 1 heteroatoms. The van der Waals surface area contributed by atoms with Crippen molar-refractivity contribution in [2.24, 2.45) is 0 Å². The van der Waals surface area contributed by atoms with Gasteiger partial charge in [-0.3, -0.25) is 0 Å². The van der Waals surface area contributed by atoms with Crippen LogP contribution < -0.4 is 5.32 Å². The van der Waals surface area contributed by atoms with Crippen LogP contribution in [0.3, 0.4) is 0 Å². The van der Waals surface area contributed by atoms with Gasteiger partial charge in [0.25, 0.3) is 0 Å². The molecule has 1 aromatic carbocycles. The number of hydrogen-bond acceptors (Lipinski definition) is 1. The van der Waals surface area contributed by atoms with Crippen molar-refractivity contribution in [1.29, 1.82) is 0 Å². The fraction of sp³-hybridized carbons (Fsp3) is 0.333. The Hall–Kier alpha value is -1.24. The summed E-state index contributed by atoms with van der Waals surface area (Å²) in [6.07, 6.45) is 4.12. The summed E-state index contributed by atoms with van der Waals surface area (Å²) < 4.78 is 0. The summed E-state index contributed by atoms with van der Waals surface area (Å²) in [6.45, 7) is 7.31. The van der Waals surface area contributed by atoms with Crippen LogP contribution in [0.25, 0.3) is 6.08 Å². The highest BCUT2D eigenvalue weighted by Gasteiger charge is 1.92. The van der Waals surface area contributed by atoms with Crippen molar-refractivity contribution in [1.82, 2.24) is 5.32 Å². The first-order chi connectivity index (χ1) is 6.24. The summed E-state index contributed by atoms with van der Waals surface area (Å²) in [6, 6.07) is 6.49. The van der Waals surface area contributed by atoms with Crippen molar-refractivity contribution in [3.05, 3.63) is 41.1 Å². The minimum absolute atomic E-state index is 0.974. The van der Waals surface area contributed by atoms with Crippen LogP contribution in [0.2, 0.25) is 0 Å². The van der Waals surface area contributed by atoms with Crippen LogP contribution >= 0.6 is 0 Å². The van der Waals surface area contributed by atoms with E-state index in [9.17, 15) is 0 Å². The molecule has 0 saturated carbocycles. The fourth-order valence-electron chi connectivity index (χ4n) is 1.21. The van der Waals surface area contributed by atoms with E-state index in [1.807, 2.05) is 6.20 Å². The molecule has 1 N–H and O–H groups in total. The Morgan fingerprint density at radius 2 is 2.08 bits per heavy atom. The topological polar surface area (TPSA) is 12.0 Å². The molecule has 13 heavy (non-hydrogen) atoms. The zero-order valence-corrected chi connectivity index (χ0v) is 8.59. The zero-order valence-electron chi connectivity index (χ0n) is 8.59. The second kappa shape index (κ2) is 4.70. The highest BCUT2D eigenvalue weighted by molar-refractivity contribution is 5.54. The Morgan fingerprint density at radius 3 is 2.77 bits per heavy atom. The van der Waals surface area contributed by atoms with Crippen LogP contribution in [0.4, 0.5) is 0 Å². The van der Waals surface area contributed by atoms with E-state index in [1.165, 1.54) is 16.7 Å². The number of nitrogens with one attached hydrogen (secondary N) is 1. The summed E-state index contributed by atoms with van der Waals surface area (Å²) in [5.74, 6) is 0. The molecule has 0 saturated heterocycles. The molecular formula is C12H17N. The highest BCUT2D eigenvalue weighted by Crippen LogP contribution is 2.11. The Kier molecular flexibility index (Phi) is 3.56. The lowest BCUT2D eigenvalue weighted by Crippen LogP contribution is -2.01. The maximum Gasteiger partial charge on any atom is 0.0113 e. The molecule has 0 atom stereocenters. The van der Waals surface area contributed by atoms with E-state index in [0.29, 0.717) is 0 Å². The van der Waals surface area contributed by atoms with E-state index in [2.05, 4.69) is 50.4 Å². The Bertz CT molecular complexity index is 300. The Labute approximate surface area is 80.5 Å². The van der Waals surface area contributed by atoms with Gasteiger partial charge in [0, 0.05) is 6.54 Å². The van der Waals surface area contributed by atoms with Gasteiger partial charge in [-0.2, -0.15) is 0 Å². The molecule has 0 spiro atoms. The number of aryl methyl sites for hydroxylation is 2. The van der Waals surface area contributed by atoms with E-state index >= 15 is 0 Å². The Morgan fingerprint density at radius 1 is 1.31 bits per heavy atom. The number of rotatable bonds is 3. The van der Waals surface area contributed by atoms with Gasteiger partial charge in [-0.05, 0) is 44.2 Å². The third-order valence-corrected chi connectivity index (χ3v) is 2.02. The summed E-state index contributed by atoms with van der Waals surface area (Å²) in [5.41, 5.74) is 3.92. The molecule has 0 heterocycles. The van der Waals surface area contributed by atoms with E-state index < -0.39 is 0 Å². The molecule has 0 amide bonds. The first-order valence-electron chi connectivity index (χ1n) is 4.71. The second-order valence-corrected chi connectivity index (χ2v) is 3.25. The molecule has 0 fully saturated rings. The van der Waals surface area contributed by atoms with Gasteiger partial charge < -0.3 is 5.32 Å². The summed E-state index contributed by atoms with van der Waals surface area (Å²) in [4.78, 5) is 0. The standard InChI is InChI=1S/C12H17N/c1-4-13-8-7-12-9-10(2)5-6-11(12)3/h5-9,13H,4H2,1-3H3/b8-7-. The van der Waals surface area contributed by atoms with Gasteiger partial charge in [0.05, 0.1) is 0 Å². The van der Waals surface area contributed by atoms with Crippen molar-refractivity contribution in [2.45, 2.75) is 20.8 Å². The molecule has 0 radical (unpaired) electrons. The SMILES string of the molecule is CCN/C=C\c1cc(C)ccc1C. The van der Waals surface area contributed by atoms with Crippen molar-refractivity contribution in [3.63, 3.8) is 0 Å². The van der Waals surface area contributed by atoms with Gasteiger partial charge in [-0.15, -0.1) is 0 Å².